The maximum Gasteiger partial charge on any atom is 0.291 e. The lowest BCUT2D eigenvalue weighted by Gasteiger charge is -2.08. The van der Waals surface area contributed by atoms with Gasteiger partial charge in [-0.1, -0.05) is 67.3 Å². The molecule has 0 unspecified atom stereocenters. The zero-order valence-corrected chi connectivity index (χ0v) is 18.2. The molecule has 2 heterocycles. The average Bonchev–Trinajstić information content (AvgIpc) is 3.29. The highest BCUT2D eigenvalue weighted by Crippen LogP contribution is 2.21. The van der Waals surface area contributed by atoms with Gasteiger partial charge in [-0.3, -0.25) is 4.79 Å². The number of fused-ring (bicyclic) bond motifs is 1. The molecule has 154 valence electrons. The van der Waals surface area contributed by atoms with Gasteiger partial charge in [0.05, 0.1) is 11.1 Å². The van der Waals surface area contributed by atoms with E-state index in [2.05, 4.69) is 17.0 Å². The van der Waals surface area contributed by atoms with E-state index >= 15 is 0 Å². The van der Waals surface area contributed by atoms with Crippen LogP contribution in [0.2, 0.25) is 5.02 Å². The molecule has 4 rings (SSSR count). The van der Waals surface area contributed by atoms with E-state index < -0.39 is 0 Å². The molecule has 0 spiro atoms. The van der Waals surface area contributed by atoms with Gasteiger partial charge < -0.3 is 4.74 Å². The Labute approximate surface area is 183 Å². The first-order valence-electron chi connectivity index (χ1n) is 10.0. The molecule has 0 aliphatic heterocycles. The molecule has 0 saturated carbocycles. The Balaban J connectivity index is 1.61. The molecule has 0 aliphatic carbocycles. The van der Waals surface area contributed by atoms with E-state index in [1.165, 1.54) is 28.7 Å². The van der Waals surface area contributed by atoms with E-state index in [4.69, 9.17) is 16.3 Å². The van der Waals surface area contributed by atoms with Gasteiger partial charge in [0.25, 0.3) is 5.56 Å². The highest BCUT2D eigenvalue weighted by atomic mass is 35.5. The van der Waals surface area contributed by atoms with Crippen molar-refractivity contribution in [3.05, 3.63) is 74.0 Å². The van der Waals surface area contributed by atoms with E-state index in [0.29, 0.717) is 26.9 Å². The van der Waals surface area contributed by atoms with E-state index in [9.17, 15) is 4.79 Å². The molecule has 0 radical (unpaired) electrons. The normalized spacial score (nSPS) is 12.0. The van der Waals surface area contributed by atoms with Gasteiger partial charge in [0.15, 0.2) is 5.82 Å². The Morgan fingerprint density at radius 1 is 1.10 bits per heavy atom. The van der Waals surface area contributed by atoms with Crippen LogP contribution >= 0.6 is 22.9 Å². The summed E-state index contributed by atoms with van der Waals surface area (Å²) in [4.78, 5) is 17.9. The lowest BCUT2D eigenvalue weighted by molar-refractivity contribution is 0.304. The number of hydrogen-bond donors (Lipinski definition) is 0. The number of benzene rings is 2. The number of nitrogens with zero attached hydrogens (tertiary/aromatic N) is 3. The molecule has 0 fully saturated rings. The summed E-state index contributed by atoms with van der Waals surface area (Å²) < 4.78 is 7.89. The summed E-state index contributed by atoms with van der Waals surface area (Å²) in [6.45, 7) is 2.87. The molecular formula is C23H22ClN3O2S. The van der Waals surface area contributed by atoms with E-state index in [1.807, 2.05) is 42.5 Å². The Bertz CT molecular complexity index is 1250. The van der Waals surface area contributed by atoms with Crippen molar-refractivity contribution in [3.63, 3.8) is 0 Å². The molecule has 0 atom stereocenters. The van der Waals surface area contributed by atoms with Crippen LogP contribution in [0.15, 0.2) is 53.3 Å². The van der Waals surface area contributed by atoms with Crippen molar-refractivity contribution < 1.29 is 4.74 Å². The summed E-state index contributed by atoms with van der Waals surface area (Å²) in [5, 5.41) is 5.03. The van der Waals surface area contributed by atoms with E-state index in [1.54, 1.807) is 12.1 Å². The molecule has 0 amide bonds. The Hall–Kier alpha value is -2.70. The second kappa shape index (κ2) is 9.41. The zero-order valence-electron chi connectivity index (χ0n) is 16.7. The van der Waals surface area contributed by atoms with Gasteiger partial charge in [-0.2, -0.15) is 9.50 Å². The zero-order chi connectivity index (χ0) is 20.9. The largest absolute Gasteiger partial charge is 0.493 e. The van der Waals surface area contributed by atoms with Crippen LogP contribution in [-0.4, -0.2) is 21.2 Å². The third-order valence-corrected chi connectivity index (χ3v) is 5.96. The second-order valence-corrected chi connectivity index (χ2v) is 8.44. The minimum absolute atomic E-state index is 0.180. The highest BCUT2D eigenvalue weighted by Gasteiger charge is 2.12. The summed E-state index contributed by atoms with van der Waals surface area (Å²) >= 11 is 7.26. The molecule has 0 saturated heterocycles. The number of halogens is 1. The molecule has 2 aromatic heterocycles. The lowest BCUT2D eigenvalue weighted by atomic mass is 10.2. The van der Waals surface area contributed by atoms with E-state index in [-0.39, 0.29) is 5.56 Å². The number of rotatable bonds is 8. The Kier molecular flexibility index (Phi) is 6.45. The van der Waals surface area contributed by atoms with Crippen LogP contribution < -0.4 is 14.8 Å². The van der Waals surface area contributed by atoms with Crippen LogP contribution in [-0.2, 0) is 0 Å². The van der Waals surface area contributed by atoms with Crippen molar-refractivity contribution in [1.29, 1.82) is 0 Å². The van der Waals surface area contributed by atoms with Gasteiger partial charge in [0.2, 0.25) is 4.96 Å². The topological polar surface area (TPSA) is 56.5 Å². The van der Waals surface area contributed by atoms with Crippen LogP contribution in [0, 0.1) is 0 Å². The number of ether oxygens (including phenoxy) is 1. The minimum atomic E-state index is -0.180. The first-order chi connectivity index (χ1) is 14.7. The molecule has 0 bridgehead atoms. The summed E-state index contributed by atoms with van der Waals surface area (Å²) in [5.41, 5.74) is 1.52. The highest BCUT2D eigenvalue weighted by molar-refractivity contribution is 7.15. The van der Waals surface area contributed by atoms with Gasteiger partial charge in [0, 0.05) is 16.1 Å². The first-order valence-corrected chi connectivity index (χ1v) is 11.2. The quantitative estimate of drug-likeness (QED) is 0.363. The fraction of sp³-hybridized carbons (Fsp3) is 0.261. The molecular weight excluding hydrogens is 418 g/mol. The summed E-state index contributed by atoms with van der Waals surface area (Å²) in [6, 6.07) is 15.0. The van der Waals surface area contributed by atoms with Gasteiger partial charge in [0.1, 0.15) is 5.75 Å². The molecule has 30 heavy (non-hydrogen) atoms. The maximum absolute atomic E-state index is 12.9. The van der Waals surface area contributed by atoms with Crippen LogP contribution in [0.5, 0.6) is 5.75 Å². The number of hydrogen-bond acceptors (Lipinski definition) is 5. The third kappa shape index (κ3) is 4.55. The molecule has 0 N–H and O–H groups in total. The Morgan fingerprint density at radius 2 is 1.90 bits per heavy atom. The molecule has 4 aromatic rings. The number of thiazole rings is 1. The van der Waals surface area contributed by atoms with Gasteiger partial charge in [-0.15, -0.1) is 5.10 Å². The smallest absolute Gasteiger partial charge is 0.291 e. The fourth-order valence-electron chi connectivity index (χ4n) is 3.14. The van der Waals surface area contributed by atoms with Crippen molar-refractivity contribution in [3.8, 4) is 17.1 Å². The predicted octanol–water partition coefficient (Wildman–Crippen LogP) is 4.98. The SMILES string of the molecule is CCCCCCOc1ccccc1/C=c1/sc2nc(-c3ccc(Cl)cc3)nn2c1=O. The van der Waals surface area contributed by atoms with Crippen LogP contribution in [0.1, 0.15) is 38.2 Å². The third-order valence-electron chi connectivity index (χ3n) is 4.75. The average molecular weight is 440 g/mol. The number of para-hydroxylation sites is 1. The molecule has 2 aromatic carbocycles. The van der Waals surface area contributed by atoms with Crippen molar-refractivity contribution in [2.75, 3.05) is 6.61 Å². The van der Waals surface area contributed by atoms with Gasteiger partial charge >= 0.3 is 0 Å². The standard InChI is InChI=1S/C23H22ClN3O2S/c1-2-3-4-7-14-29-19-9-6-5-8-17(19)15-20-22(28)27-23(30-20)25-21(26-27)16-10-12-18(24)13-11-16/h5-6,8-13,15H,2-4,7,14H2,1H3/b20-15+. The second-order valence-electron chi connectivity index (χ2n) is 7.00. The van der Waals surface area contributed by atoms with Gasteiger partial charge in [-0.25, -0.2) is 0 Å². The Morgan fingerprint density at radius 3 is 2.67 bits per heavy atom. The van der Waals surface area contributed by atoms with Crippen LogP contribution in [0.4, 0.5) is 0 Å². The van der Waals surface area contributed by atoms with Crippen molar-refractivity contribution >= 4 is 34.0 Å². The van der Waals surface area contributed by atoms with E-state index in [0.717, 1.165) is 29.7 Å². The molecule has 0 aliphatic rings. The van der Waals surface area contributed by atoms with Crippen molar-refractivity contribution in [2.45, 2.75) is 32.6 Å². The lowest BCUT2D eigenvalue weighted by Crippen LogP contribution is -2.23. The number of aromatic nitrogens is 3. The van der Waals surface area contributed by atoms with Crippen molar-refractivity contribution in [2.24, 2.45) is 0 Å². The summed E-state index contributed by atoms with van der Waals surface area (Å²) in [7, 11) is 0. The molecule has 5 nitrogen and oxygen atoms in total. The first kappa shape index (κ1) is 20.6. The molecule has 7 heteroatoms. The van der Waals surface area contributed by atoms with Crippen molar-refractivity contribution in [1.82, 2.24) is 14.6 Å². The summed E-state index contributed by atoms with van der Waals surface area (Å²) in [5.74, 6) is 1.30. The fourth-order valence-corrected chi connectivity index (χ4v) is 4.16. The summed E-state index contributed by atoms with van der Waals surface area (Å²) in [6.07, 6.45) is 6.46. The number of unbranched alkanes of at least 4 members (excludes halogenated alkanes) is 3. The monoisotopic (exact) mass is 439 g/mol. The van der Waals surface area contributed by atoms with Crippen LogP contribution in [0.3, 0.4) is 0 Å². The minimum Gasteiger partial charge on any atom is -0.493 e. The van der Waals surface area contributed by atoms with Crippen LogP contribution in [0.25, 0.3) is 22.4 Å². The maximum atomic E-state index is 12.9. The predicted molar refractivity (Wildman–Crippen MR) is 122 cm³/mol. The van der Waals surface area contributed by atoms with Gasteiger partial charge in [-0.05, 0) is 42.8 Å².